The van der Waals surface area contributed by atoms with Crippen LogP contribution in [0.25, 0.3) is 10.8 Å². The highest BCUT2D eigenvalue weighted by Crippen LogP contribution is 2.27. The number of hydrogen-bond donors (Lipinski definition) is 3. The predicted octanol–water partition coefficient (Wildman–Crippen LogP) is 2.04. The fourth-order valence-electron chi connectivity index (χ4n) is 3.35. The van der Waals surface area contributed by atoms with Crippen molar-refractivity contribution in [3.63, 3.8) is 0 Å². The number of H-pyrrole nitrogens is 1. The number of benzene rings is 1. The summed E-state index contributed by atoms with van der Waals surface area (Å²) in [5.41, 5.74) is 4.52. The lowest BCUT2D eigenvalue weighted by Gasteiger charge is -2.20. The summed E-state index contributed by atoms with van der Waals surface area (Å²) in [5.74, 6) is -0.161. The summed E-state index contributed by atoms with van der Waals surface area (Å²) >= 11 is 0. The lowest BCUT2D eigenvalue weighted by atomic mass is 9.86. The Hall–Kier alpha value is -2.70. The Kier molecular flexibility index (Phi) is 5.42. The third kappa shape index (κ3) is 4.23. The van der Waals surface area contributed by atoms with Crippen LogP contribution in [0.1, 0.15) is 55.4 Å². The number of carbonyl (C=O) groups is 2. The molecule has 1 saturated carbocycles. The molecule has 1 aliphatic rings. The fourth-order valence-corrected chi connectivity index (χ4v) is 3.35. The average molecular weight is 342 g/mol. The normalized spacial score (nSPS) is 15.0. The topological polar surface area (TPSA) is 104 Å². The molecule has 1 aliphatic carbocycles. The lowest BCUT2D eigenvalue weighted by Crippen LogP contribution is -2.42. The van der Waals surface area contributed by atoms with Crippen molar-refractivity contribution in [1.29, 1.82) is 0 Å². The molecule has 0 atom stereocenters. The van der Waals surface area contributed by atoms with Crippen molar-refractivity contribution in [3.8, 4) is 0 Å². The van der Waals surface area contributed by atoms with Crippen molar-refractivity contribution in [3.05, 3.63) is 40.3 Å². The summed E-state index contributed by atoms with van der Waals surface area (Å²) in [6.45, 7) is 0. The quantitative estimate of drug-likeness (QED) is 0.740. The van der Waals surface area contributed by atoms with E-state index in [1.54, 1.807) is 24.3 Å². The number of hydrazine groups is 1. The van der Waals surface area contributed by atoms with Crippen LogP contribution in [0.3, 0.4) is 0 Å². The van der Waals surface area contributed by atoms with Gasteiger partial charge in [-0.25, -0.2) is 5.10 Å². The van der Waals surface area contributed by atoms with E-state index in [-0.39, 0.29) is 17.2 Å². The van der Waals surface area contributed by atoms with Gasteiger partial charge in [-0.3, -0.25) is 25.2 Å². The van der Waals surface area contributed by atoms with E-state index in [1.807, 2.05) is 0 Å². The summed E-state index contributed by atoms with van der Waals surface area (Å²) in [6, 6.07) is 6.71. The summed E-state index contributed by atoms with van der Waals surface area (Å²) in [6.07, 6.45) is 7.40. The molecule has 1 aromatic heterocycles. The molecule has 7 heteroatoms. The standard InChI is InChI=1S/C18H22N4O3/c23-15(11-10-12-6-2-1-3-7-12)19-22-18(25)16-13-8-4-5-9-14(13)17(24)21-20-16/h4-5,8-9,12H,1-3,6-7,10-11H2,(H,19,23)(H,21,24)(H,22,25). The van der Waals surface area contributed by atoms with Gasteiger partial charge in [-0.1, -0.05) is 50.3 Å². The van der Waals surface area contributed by atoms with E-state index in [2.05, 4.69) is 21.0 Å². The highest BCUT2D eigenvalue weighted by molar-refractivity contribution is 6.05. The van der Waals surface area contributed by atoms with Crippen molar-refractivity contribution in [2.75, 3.05) is 0 Å². The third-order valence-corrected chi connectivity index (χ3v) is 4.73. The first-order valence-corrected chi connectivity index (χ1v) is 8.72. The maximum atomic E-state index is 12.3. The minimum Gasteiger partial charge on any atom is -0.273 e. The largest absolute Gasteiger partial charge is 0.290 e. The molecule has 1 heterocycles. The van der Waals surface area contributed by atoms with Gasteiger partial charge in [0, 0.05) is 11.8 Å². The molecule has 0 spiro atoms. The molecule has 3 rings (SSSR count). The molecule has 2 aromatic rings. The lowest BCUT2D eigenvalue weighted by molar-refractivity contribution is -0.122. The van der Waals surface area contributed by atoms with E-state index in [1.165, 1.54) is 32.1 Å². The second kappa shape index (κ2) is 7.92. The van der Waals surface area contributed by atoms with Crippen LogP contribution in [0, 0.1) is 5.92 Å². The molecular formula is C18H22N4O3. The summed E-state index contributed by atoms with van der Waals surface area (Å²) in [4.78, 5) is 35.9. The number of nitrogens with one attached hydrogen (secondary N) is 3. The SMILES string of the molecule is O=C(CCC1CCCCC1)NNC(=O)c1n[nH]c(=O)c2ccccc12. The van der Waals surface area contributed by atoms with E-state index < -0.39 is 5.91 Å². The maximum Gasteiger partial charge on any atom is 0.290 e. The van der Waals surface area contributed by atoms with Crippen LogP contribution < -0.4 is 16.4 Å². The van der Waals surface area contributed by atoms with Gasteiger partial charge in [0.15, 0.2) is 5.69 Å². The fraction of sp³-hybridized carbons (Fsp3) is 0.444. The molecule has 2 amide bonds. The highest BCUT2D eigenvalue weighted by atomic mass is 16.2. The maximum absolute atomic E-state index is 12.3. The van der Waals surface area contributed by atoms with Gasteiger partial charge in [-0.05, 0) is 18.4 Å². The Bertz CT molecular complexity index is 824. The number of aromatic nitrogens is 2. The Morgan fingerprint density at radius 1 is 1.08 bits per heavy atom. The molecule has 0 bridgehead atoms. The number of nitrogens with zero attached hydrogens (tertiary/aromatic N) is 1. The first kappa shape index (κ1) is 17.1. The smallest absolute Gasteiger partial charge is 0.273 e. The van der Waals surface area contributed by atoms with Crippen molar-refractivity contribution in [2.24, 2.45) is 5.92 Å². The van der Waals surface area contributed by atoms with Crippen molar-refractivity contribution < 1.29 is 9.59 Å². The van der Waals surface area contributed by atoms with Gasteiger partial charge in [0.2, 0.25) is 5.91 Å². The molecule has 0 saturated heterocycles. The Morgan fingerprint density at radius 3 is 2.56 bits per heavy atom. The molecule has 1 fully saturated rings. The summed E-state index contributed by atoms with van der Waals surface area (Å²) in [5, 5.41) is 6.93. The second-order valence-corrected chi connectivity index (χ2v) is 6.49. The van der Waals surface area contributed by atoms with E-state index in [4.69, 9.17) is 0 Å². The zero-order valence-corrected chi connectivity index (χ0v) is 14.0. The molecule has 0 unspecified atom stereocenters. The van der Waals surface area contributed by atoms with Crippen molar-refractivity contribution in [2.45, 2.75) is 44.9 Å². The number of amides is 2. The van der Waals surface area contributed by atoms with Crippen LogP contribution in [0.15, 0.2) is 29.1 Å². The number of carbonyl (C=O) groups excluding carboxylic acids is 2. The van der Waals surface area contributed by atoms with Crippen LogP contribution in [-0.4, -0.2) is 22.0 Å². The molecule has 25 heavy (non-hydrogen) atoms. The Labute approximate surface area is 145 Å². The second-order valence-electron chi connectivity index (χ2n) is 6.49. The summed E-state index contributed by atoms with van der Waals surface area (Å²) in [7, 11) is 0. The highest BCUT2D eigenvalue weighted by Gasteiger charge is 2.17. The molecule has 0 aliphatic heterocycles. The Balaban J connectivity index is 1.56. The monoisotopic (exact) mass is 342 g/mol. The first-order valence-electron chi connectivity index (χ1n) is 8.72. The number of aromatic amines is 1. The molecule has 7 nitrogen and oxygen atoms in total. The molecule has 3 N–H and O–H groups in total. The number of rotatable bonds is 4. The van der Waals surface area contributed by atoms with E-state index in [0.29, 0.717) is 23.1 Å². The zero-order chi connectivity index (χ0) is 17.6. The molecule has 132 valence electrons. The molecular weight excluding hydrogens is 320 g/mol. The average Bonchev–Trinajstić information content (AvgIpc) is 2.66. The van der Waals surface area contributed by atoms with Gasteiger partial charge in [0.05, 0.1) is 5.39 Å². The zero-order valence-electron chi connectivity index (χ0n) is 14.0. The van der Waals surface area contributed by atoms with Crippen LogP contribution in [0.4, 0.5) is 0 Å². The van der Waals surface area contributed by atoms with E-state index in [0.717, 1.165) is 6.42 Å². The van der Waals surface area contributed by atoms with Crippen molar-refractivity contribution >= 4 is 22.6 Å². The Morgan fingerprint density at radius 2 is 1.80 bits per heavy atom. The summed E-state index contributed by atoms with van der Waals surface area (Å²) < 4.78 is 0. The minimum atomic E-state index is -0.557. The number of fused-ring (bicyclic) bond motifs is 1. The van der Waals surface area contributed by atoms with Gasteiger partial charge in [0.25, 0.3) is 11.5 Å². The van der Waals surface area contributed by atoms with Gasteiger partial charge in [-0.2, -0.15) is 5.10 Å². The minimum absolute atomic E-state index is 0.0720. The van der Waals surface area contributed by atoms with Crippen molar-refractivity contribution in [1.82, 2.24) is 21.0 Å². The van der Waals surface area contributed by atoms with E-state index in [9.17, 15) is 14.4 Å². The molecule has 1 aromatic carbocycles. The third-order valence-electron chi connectivity index (χ3n) is 4.73. The van der Waals surface area contributed by atoms with E-state index >= 15 is 0 Å². The van der Waals surface area contributed by atoms with Crippen LogP contribution >= 0.6 is 0 Å². The van der Waals surface area contributed by atoms with Gasteiger partial charge < -0.3 is 0 Å². The van der Waals surface area contributed by atoms with Crippen LogP contribution in [0.2, 0.25) is 0 Å². The number of hydrogen-bond acceptors (Lipinski definition) is 4. The predicted molar refractivity (Wildman–Crippen MR) is 93.8 cm³/mol. The van der Waals surface area contributed by atoms with Gasteiger partial charge in [-0.15, -0.1) is 0 Å². The van der Waals surface area contributed by atoms with Crippen LogP contribution in [-0.2, 0) is 4.79 Å². The first-order chi connectivity index (χ1) is 12.1. The molecule has 0 radical (unpaired) electrons. The van der Waals surface area contributed by atoms with Gasteiger partial charge in [0.1, 0.15) is 0 Å². The van der Waals surface area contributed by atoms with Gasteiger partial charge >= 0.3 is 0 Å². The van der Waals surface area contributed by atoms with Crippen LogP contribution in [0.5, 0.6) is 0 Å².